The third kappa shape index (κ3) is 2.06. The summed E-state index contributed by atoms with van der Waals surface area (Å²) in [5.74, 6) is 0.909. The molecule has 2 aromatic rings. The quantitative estimate of drug-likeness (QED) is 0.791. The molecule has 0 amide bonds. The van der Waals surface area contributed by atoms with E-state index in [2.05, 4.69) is 15.1 Å². The van der Waals surface area contributed by atoms with E-state index >= 15 is 0 Å². The zero-order chi connectivity index (χ0) is 14.1. The largest absolute Gasteiger partial charge is 0.381 e. The van der Waals surface area contributed by atoms with Gasteiger partial charge < -0.3 is 5.73 Å². The van der Waals surface area contributed by atoms with Gasteiger partial charge in [0.1, 0.15) is 17.5 Å². The summed E-state index contributed by atoms with van der Waals surface area (Å²) in [6.07, 6.45) is 2.15. The van der Waals surface area contributed by atoms with Gasteiger partial charge in [-0.1, -0.05) is 12.1 Å². The molecule has 3 rings (SSSR count). The van der Waals surface area contributed by atoms with Crippen LogP contribution in [0.1, 0.15) is 18.9 Å². The second kappa shape index (κ2) is 4.63. The van der Waals surface area contributed by atoms with Crippen LogP contribution in [0.5, 0.6) is 0 Å². The molecule has 1 aromatic heterocycles. The van der Waals surface area contributed by atoms with E-state index in [1.54, 1.807) is 10.9 Å². The Morgan fingerprint density at radius 1 is 1.25 bits per heavy atom. The van der Waals surface area contributed by atoms with Crippen molar-refractivity contribution in [3.63, 3.8) is 0 Å². The number of hydrogen-bond donors (Lipinski definition) is 1. The van der Waals surface area contributed by atoms with Gasteiger partial charge in [0.15, 0.2) is 5.82 Å². The van der Waals surface area contributed by atoms with Crippen LogP contribution in [0.15, 0.2) is 40.4 Å². The molecule has 1 aliphatic rings. The number of nitrogen functional groups attached to an aromatic ring is 1. The van der Waals surface area contributed by atoms with Gasteiger partial charge in [0, 0.05) is 12.1 Å². The Balaban J connectivity index is 2.13. The van der Waals surface area contributed by atoms with Crippen LogP contribution in [-0.4, -0.2) is 21.3 Å². The monoisotopic (exact) mass is 264 g/mol. The lowest BCUT2D eigenvalue weighted by molar-refractivity contribution is 0.924. The molecule has 20 heavy (non-hydrogen) atoms. The zero-order valence-electron chi connectivity index (χ0n) is 10.9. The Bertz CT molecular complexity index is 775. The molecule has 0 bridgehead atoms. The Morgan fingerprint density at radius 3 is 2.60 bits per heavy atom. The molecule has 0 aliphatic carbocycles. The molecule has 6 heteroatoms. The maximum Gasteiger partial charge on any atom is 0.163 e. The highest BCUT2D eigenvalue weighted by atomic mass is 15.3. The van der Waals surface area contributed by atoms with E-state index in [0.29, 0.717) is 17.8 Å². The molecule has 1 aliphatic heterocycles. The molecule has 98 valence electrons. The molecular weight excluding hydrogens is 252 g/mol. The van der Waals surface area contributed by atoms with Crippen LogP contribution >= 0.6 is 0 Å². The average Bonchev–Trinajstić information content (AvgIpc) is 2.72. The van der Waals surface area contributed by atoms with E-state index in [4.69, 9.17) is 11.0 Å². The Hall–Kier alpha value is -2.94. The zero-order valence-corrected chi connectivity index (χ0v) is 10.9. The lowest BCUT2D eigenvalue weighted by Gasteiger charge is -2.03. The predicted molar refractivity (Wildman–Crippen MR) is 77.7 cm³/mol. The van der Waals surface area contributed by atoms with Crippen LogP contribution in [0, 0.1) is 11.3 Å². The molecule has 2 N–H and O–H groups in total. The Labute approximate surface area is 115 Å². The minimum atomic E-state index is 0.210. The van der Waals surface area contributed by atoms with Crippen LogP contribution in [0.4, 0.5) is 17.2 Å². The summed E-state index contributed by atoms with van der Waals surface area (Å²) in [5, 5.41) is 13.1. The van der Waals surface area contributed by atoms with Crippen LogP contribution in [0.2, 0.25) is 0 Å². The first kappa shape index (κ1) is 12.1. The SMILES string of the molecule is CC1=Nc2ccccc2N=C(n2cc(C#N)c(N)n2)C1. The van der Waals surface area contributed by atoms with Gasteiger partial charge in [-0.2, -0.15) is 5.26 Å². The first-order chi connectivity index (χ1) is 9.67. The van der Waals surface area contributed by atoms with Crippen LogP contribution < -0.4 is 5.73 Å². The number of para-hydroxylation sites is 2. The van der Waals surface area contributed by atoms with Crippen LogP contribution in [-0.2, 0) is 0 Å². The number of nitrogens with zero attached hydrogens (tertiary/aromatic N) is 5. The smallest absolute Gasteiger partial charge is 0.163 e. The van der Waals surface area contributed by atoms with Crippen LogP contribution in [0.3, 0.4) is 0 Å². The average molecular weight is 264 g/mol. The van der Waals surface area contributed by atoms with E-state index in [0.717, 1.165) is 17.1 Å². The molecule has 6 nitrogen and oxygen atoms in total. The molecule has 0 spiro atoms. The van der Waals surface area contributed by atoms with Crippen molar-refractivity contribution in [1.29, 1.82) is 5.26 Å². The van der Waals surface area contributed by atoms with Gasteiger partial charge in [0.25, 0.3) is 0 Å². The normalized spacial score (nSPS) is 13.8. The van der Waals surface area contributed by atoms with E-state index in [9.17, 15) is 0 Å². The third-order valence-corrected chi connectivity index (χ3v) is 2.98. The number of aliphatic imine (C=N–C) groups is 2. The fourth-order valence-electron chi connectivity index (χ4n) is 2.04. The Morgan fingerprint density at radius 2 is 1.95 bits per heavy atom. The molecule has 0 radical (unpaired) electrons. The number of anilines is 1. The minimum absolute atomic E-state index is 0.210. The highest BCUT2D eigenvalue weighted by Crippen LogP contribution is 2.30. The third-order valence-electron chi connectivity index (χ3n) is 2.98. The predicted octanol–water partition coefficient (Wildman–Crippen LogP) is 2.41. The number of benzene rings is 1. The van der Waals surface area contributed by atoms with Crippen molar-refractivity contribution in [1.82, 2.24) is 9.78 Å². The molecule has 0 saturated heterocycles. The fourth-order valence-corrected chi connectivity index (χ4v) is 2.04. The van der Waals surface area contributed by atoms with Gasteiger partial charge in [-0.25, -0.2) is 9.67 Å². The Kier molecular flexibility index (Phi) is 2.80. The van der Waals surface area contributed by atoms with Gasteiger partial charge in [-0.3, -0.25) is 4.99 Å². The summed E-state index contributed by atoms with van der Waals surface area (Å²) < 4.78 is 1.55. The molecule has 2 heterocycles. The number of fused-ring (bicyclic) bond motifs is 1. The lowest BCUT2D eigenvalue weighted by atomic mass is 10.2. The van der Waals surface area contributed by atoms with Gasteiger partial charge >= 0.3 is 0 Å². The second-order valence-corrected chi connectivity index (χ2v) is 4.52. The summed E-state index contributed by atoms with van der Waals surface area (Å²) in [6.45, 7) is 1.94. The number of nitrogens with two attached hydrogens (primary N) is 1. The van der Waals surface area contributed by atoms with Gasteiger partial charge in [0.05, 0.1) is 17.6 Å². The van der Waals surface area contributed by atoms with Crippen LogP contribution in [0.25, 0.3) is 0 Å². The van der Waals surface area contributed by atoms with Crippen molar-refractivity contribution in [2.45, 2.75) is 13.3 Å². The fraction of sp³-hybridized carbons (Fsp3) is 0.143. The molecule has 1 aromatic carbocycles. The first-order valence-electron chi connectivity index (χ1n) is 6.14. The lowest BCUT2D eigenvalue weighted by Crippen LogP contribution is -2.15. The minimum Gasteiger partial charge on any atom is -0.381 e. The topological polar surface area (TPSA) is 92.3 Å². The number of hydrogen-bond acceptors (Lipinski definition) is 5. The maximum atomic E-state index is 8.95. The summed E-state index contributed by atoms with van der Waals surface area (Å²) >= 11 is 0. The number of rotatable bonds is 0. The summed E-state index contributed by atoms with van der Waals surface area (Å²) in [7, 11) is 0. The second-order valence-electron chi connectivity index (χ2n) is 4.52. The van der Waals surface area contributed by atoms with Crippen molar-refractivity contribution in [2.75, 3.05) is 5.73 Å². The summed E-state index contributed by atoms with van der Waals surface area (Å²) in [5.41, 5.74) is 8.58. The standard InChI is InChI=1S/C14H12N6/c1-9-6-13(20-8-10(7-15)14(16)19-20)18-12-5-3-2-4-11(12)17-9/h2-5,8H,6H2,1H3,(H2,16,19). The van der Waals surface area contributed by atoms with Crippen molar-refractivity contribution in [3.8, 4) is 6.07 Å². The summed E-state index contributed by atoms with van der Waals surface area (Å²) in [6, 6.07) is 9.66. The van der Waals surface area contributed by atoms with E-state index in [1.807, 2.05) is 37.3 Å². The number of nitriles is 1. The maximum absolute atomic E-state index is 8.95. The molecule has 0 unspecified atom stereocenters. The van der Waals surface area contributed by atoms with Gasteiger partial charge in [-0.05, 0) is 19.1 Å². The van der Waals surface area contributed by atoms with Crippen molar-refractivity contribution in [2.24, 2.45) is 9.98 Å². The molecule has 0 fully saturated rings. The highest BCUT2D eigenvalue weighted by molar-refractivity contribution is 6.07. The summed E-state index contributed by atoms with van der Waals surface area (Å²) in [4.78, 5) is 9.12. The molecule has 0 atom stereocenters. The van der Waals surface area contributed by atoms with Gasteiger partial charge in [0.2, 0.25) is 0 Å². The highest BCUT2D eigenvalue weighted by Gasteiger charge is 2.14. The van der Waals surface area contributed by atoms with Crippen molar-refractivity contribution < 1.29 is 0 Å². The van der Waals surface area contributed by atoms with Gasteiger partial charge in [-0.15, -0.1) is 5.10 Å². The first-order valence-corrected chi connectivity index (χ1v) is 6.14. The van der Waals surface area contributed by atoms with E-state index in [1.165, 1.54) is 0 Å². The van der Waals surface area contributed by atoms with E-state index < -0.39 is 0 Å². The van der Waals surface area contributed by atoms with Crippen molar-refractivity contribution >= 4 is 28.7 Å². The number of aromatic nitrogens is 2. The molecular formula is C14H12N6. The van der Waals surface area contributed by atoms with E-state index in [-0.39, 0.29) is 5.82 Å². The van der Waals surface area contributed by atoms with Crippen molar-refractivity contribution in [3.05, 3.63) is 36.0 Å². The molecule has 0 saturated carbocycles.